The Kier molecular flexibility index (Phi) is 4.32. The van der Waals surface area contributed by atoms with E-state index in [1.54, 1.807) is 0 Å². The molecule has 18 heavy (non-hydrogen) atoms. The second-order valence-electron chi connectivity index (χ2n) is 8.43. The van der Waals surface area contributed by atoms with Gasteiger partial charge in [0.2, 0.25) is 0 Å². The van der Waals surface area contributed by atoms with Gasteiger partial charge in [0.05, 0.1) is 6.04 Å². The lowest BCUT2D eigenvalue weighted by atomic mass is 9.65. The summed E-state index contributed by atoms with van der Waals surface area (Å²) in [6.07, 6.45) is 4.85. The van der Waals surface area contributed by atoms with Gasteiger partial charge < -0.3 is 5.32 Å². The first kappa shape index (κ1) is 15.7. The number of nitrogens with one attached hydrogen (secondary N) is 1. The van der Waals surface area contributed by atoms with Crippen LogP contribution in [0.25, 0.3) is 0 Å². The monoisotopic (exact) mass is 253 g/mol. The molecule has 1 saturated carbocycles. The van der Waals surface area contributed by atoms with E-state index in [0.717, 1.165) is 6.42 Å². The predicted molar refractivity (Wildman–Crippen MR) is 77.7 cm³/mol. The van der Waals surface area contributed by atoms with Crippen molar-refractivity contribution in [3.05, 3.63) is 0 Å². The molecule has 0 saturated heterocycles. The highest BCUT2D eigenvalue weighted by atomic mass is 16.1. The zero-order valence-corrected chi connectivity index (χ0v) is 13.3. The van der Waals surface area contributed by atoms with E-state index >= 15 is 0 Å². The molecule has 1 fully saturated rings. The van der Waals surface area contributed by atoms with Crippen LogP contribution in [0, 0.1) is 10.8 Å². The molecule has 106 valence electrons. The summed E-state index contributed by atoms with van der Waals surface area (Å²) in [6, 6.07) is -0.00435. The van der Waals surface area contributed by atoms with Gasteiger partial charge in [-0.2, -0.15) is 0 Å². The van der Waals surface area contributed by atoms with Crippen LogP contribution in [-0.4, -0.2) is 17.4 Å². The fourth-order valence-electron chi connectivity index (χ4n) is 2.73. The maximum absolute atomic E-state index is 12.6. The molecule has 0 aromatic carbocycles. The molecule has 1 N–H and O–H groups in total. The molecule has 2 nitrogen and oxygen atoms in total. The molecule has 0 bridgehead atoms. The minimum atomic E-state index is -0.261. The van der Waals surface area contributed by atoms with E-state index < -0.39 is 0 Å². The van der Waals surface area contributed by atoms with Gasteiger partial charge in [-0.15, -0.1) is 0 Å². The van der Waals surface area contributed by atoms with E-state index in [1.807, 2.05) is 20.8 Å². The number of hydrogen-bond acceptors (Lipinski definition) is 2. The van der Waals surface area contributed by atoms with Gasteiger partial charge in [0.15, 0.2) is 5.78 Å². The normalized spacial score (nSPS) is 21.3. The lowest BCUT2D eigenvalue weighted by Gasteiger charge is -2.43. The Balaban J connectivity index is 2.78. The summed E-state index contributed by atoms with van der Waals surface area (Å²) >= 11 is 0. The van der Waals surface area contributed by atoms with Gasteiger partial charge in [0, 0.05) is 11.0 Å². The zero-order valence-electron chi connectivity index (χ0n) is 13.3. The molecule has 0 aromatic heterocycles. The van der Waals surface area contributed by atoms with Crippen LogP contribution in [0.5, 0.6) is 0 Å². The van der Waals surface area contributed by atoms with Crippen molar-refractivity contribution in [1.82, 2.24) is 5.32 Å². The first-order valence-electron chi connectivity index (χ1n) is 7.25. The van der Waals surface area contributed by atoms with Gasteiger partial charge in [-0.1, -0.05) is 34.1 Å². The average Bonchev–Trinajstić information content (AvgIpc) is 2.09. The van der Waals surface area contributed by atoms with Crippen LogP contribution in [-0.2, 0) is 4.79 Å². The fourth-order valence-corrected chi connectivity index (χ4v) is 2.73. The molecule has 1 rings (SSSR count). The summed E-state index contributed by atoms with van der Waals surface area (Å²) in [5, 5.41) is 3.54. The topological polar surface area (TPSA) is 29.1 Å². The first-order chi connectivity index (χ1) is 7.93. The highest BCUT2D eigenvalue weighted by Gasteiger charge is 2.40. The van der Waals surface area contributed by atoms with Gasteiger partial charge in [-0.3, -0.25) is 4.79 Å². The summed E-state index contributed by atoms with van der Waals surface area (Å²) in [5.41, 5.74) is 0.110. The third kappa shape index (κ3) is 4.38. The van der Waals surface area contributed by atoms with E-state index in [0.29, 0.717) is 11.2 Å². The van der Waals surface area contributed by atoms with Gasteiger partial charge in [-0.25, -0.2) is 0 Å². The van der Waals surface area contributed by atoms with E-state index in [4.69, 9.17) is 0 Å². The maximum atomic E-state index is 12.6. The summed E-state index contributed by atoms with van der Waals surface area (Å²) in [5.74, 6) is 0.352. The Morgan fingerprint density at radius 2 is 1.67 bits per heavy atom. The van der Waals surface area contributed by atoms with Crippen LogP contribution in [0.2, 0.25) is 0 Å². The Morgan fingerprint density at radius 3 is 1.94 bits per heavy atom. The molecular formula is C16H31NO. The first-order valence-corrected chi connectivity index (χ1v) is 7.25. The second kappa shape index (κ2) is 4.96. The Hall–Kier alpha value is -0.370. The highest BCUT2D eigenvalue weighted by Crippen LogP contribution is 2.44. The number of hydrogen-bond donors (Lipinski definition) is 1. The van der Waals surface area contributed by atoms with Crippen molar-refractivity contribution in [2.75, 3.05) is 0 Å². The van der Waals surface area contributed by atoms with Gasteiger partial charge >= 0.3 is 0 Å². The van der Waals surface area contributed by atoms with Gasteiger partial charge in [-0.05, 0) is 45.4 Å². The summed E-state index contributed by atoms with van der Waals surface area (Å²) in [4.78, 5) is 12.6. The Labute approximate surface area is 113 Å². The van der Waals surface area contributed by atoms with Crippen LogP contribution in [0.15, 0.2) is 0 Å². The van der Waals surface area contributed by atoms with Crippen molar-refractivity contribution in [2.45, 2.75) is 85.7 Å². The van der Waals surface area contributed by atoms with E-state index in [1.165, 1.54) is 19.3 Å². The molecule has 1 atom stereocenters. The van der Waals surface area contributed by atoms with Crippen molar-refractivity contribution >= 4 is 5.78 Å². The number of Topliss-reactive ketones (excluding diaryl/α,β-unsaturated/α-hetero) is 1. The molecule has 1 aliphatic rings. The minimum absolute atomic E-state index is 0.00435. The second-order valence-corrected chi connectivity index (χ2v) is 8.43. The maximum Gasteiger partial charge on any atom is 0.155 e. The zero-order chi connectivity index (χ0) is 14.2. The Bertz CT molecular complexity index is 302. The average molecular weight is 253 g/mol. The lowest BCUT2D eigenvalue weighted by molar-refractivity contribution is -0.130. The largest absolute Gasteiger partial charge is 0.303 e. The van der Waals surface area contributed by atoms with Crippen LogP contribution < -0.4 is 5.32 Å². The predicted octanol–water partition coefficient (Wildman–Crippen LogP) is 3.94. The fraction of sp³-hybridized carbons (Fsp3) is 0.938. The molecule has 0 unspecified atom stereocenters. The summed E-state index contributed by atoms with van der Waals surface area (Å²) in [7, 11) is 0. The molecule has 0 aromatic rings. The molecule has 0 aliphatic heterocycles. The SMILES string of the molecule is CC1(C[C@H](NC(C)(C)C)C(=O)C(C)(C)C)CCC1. The molecule has 0 heterocycles. The van der Waals surface area contributed by atoms with Crippen molar-refractivity contribution in [2.24, 2.45) is 10.8 Å². The molecule has 1 aliphatic carbocycles. The van der Waals surface area contributed by atoms with Crippen LogP contribution in [0.4, 0.5) is 0 Å². The van der Waals surface area contributed by atoms with Gasteiger partial charge in [0.25, 0.3) is 0 Å². The van der Waals surface area contributed by atoms with E-state index in [9.17, 15) is 4.79 Å². The highest BCUT2D eigenvalue weighted by molar-refractivity contribution is 5.88. The van der Waals surface area contributed by atoms with Crippen molar-refractivity contribution in [1.29, 1.82) is 0 Å². The quantitative estimate of drug-likeness (QED) is 0.822. The van der Waals surface area contributed by atoms with E-state index in [-0.39, 0.29) is 17.0 Å². The smallest absolute Gasteiger partial charge is 0.155 e. The number of rotatable bonds is 4. The number of carbonyl (C=O) groups is 1. The molecule has 2 heteroatoms. The van der Waals surface area contributed by atoms with Crippen LogP contribution in [0.3, 0.4) is 0 Å². The van der Waals surface area contributed by atoms with E-state index in [2.05, 4.69) is 33.0 Å². The third-order valence-corrected chi connectivity index (χ3v) is 3.92. The summed E-state index contributed by atoms with van der Waals surface area (Å²) < 4.78 is 0. The molecule has 0 spiro atoms. The van der Waals surface area contributed by atoms with Crippen molar-refractivity contribution < 1.29 is 4.79 Å². The number of ketones is 1. The number of carbonyl (C=O) groups excluding carboxylic acids is 1. The lowest BCUT2D eigenvalue weighted by Crippen LogP contribution is -2.53. The Morgan fingerprint density at radius 1 is 1.17 bits per heavy atom. The van der Waals surface area contributed by atoms with Crippen molar-refractivity contribution in [3.8, 4) is 0 Å². The van der Waals surface area contributed by atoms with Gasteiger partial charge in [0.1, 0.15) is 0 Å². The third-order valence-electron chi connectivity index (χ3n) is 3.92. The molecule has 0 radical (unpaired) electrons. The molecule has 0 amide bonds. The molecular weight excluding hydrogens is 222 g/mol. The summed E-state index contributed by atoms with van der Waals surface area (Å²) in [6.45, 7) is 14.8. The minimum Gasteiger partial charge on any atom is -0.303 e. The van der Waals surface area contributed by atoms with Crippen molar-refractivity contribution in [3.63, 3.8) is 0 Å². The standard InChI is InChI=1S/C16H31NO/c1-14(2,3)13(18)12(17-15(4,5)6)11-16(7)9-8-10-16/h12,17H,8-11H2,1-7H3/t12-/m0/s1. The van der Waals surface area contributed by atoms with Crippen LogP contribution >= 0.6 is 0 Å². The van der Waals surface area contributed by atoms with Crippen LogP contribution in [0.1, 0.15) is 74.1 Å².